The van der Waals surface area contributed by atoms with Gasteiger partial charge >= 0.3 is 0 Å². The van der Waals surface area contributed by atoms with Crippen LogP contribution in [0.5, 0.6) is 0 Å². The number of halogens is 1. The van der Waals surface area contributed by atoms with Crippen molar-refractivity contribution in [2.75, 3.05) is 19.6 Å². The van der Waals surface area contributed by atoms with Gasteiger partial charge < -0.3 is 10.6 Å². The van der Waals surface area contributed by atoms with Crippen molar-refractivity contribution in [2.45, 2.75) is 19.4 Å². The third-order valence-corrected chi connectivity index (χ3v) is 4.48. The lowest BCUT2D eigenvalue weighted by Crippen LogP contribution is -2.38. The smallest absolute Gasteiger partial charge is 0.273 e. The molecule has 0 saturated carbocycles. The first kappa shape index (κ1) is 16.9. The molecule has 0 radical (unpaired) electrons. The molecule has 6 nitrogen and oxygen atoms in total. The van der Waals surface area contributed by atoms with E-state index in [-0.39, 0.29) is 18.3 Å². The molecule has 3 heterocycles. The quantitative estimate of drug-likeness (QED) is 0.865. The van der Waals surface area contributed by atoms with Gasteiger partial charge in [-0.2, -0.15) is 0 Å². The number of piperidine rings is 1. The Hall–Kier alpha value is -1.44. The summed E-state index contributed by atoms with van der Waals surface area (Å²) >= 11 is 1.67. The van der Waals surface area contributed by atoms with Crippen LogP contribution in [0.4, 0.5) is 0 Å². The van der Waals surface area contributed by atoms with Crippen LogP contribution < -0.4 is 10.6 Å². The third kappa shape index (κ3) is 4.53. The molecule has 1 amide bonds. The van der Waals surface area contributed by atoms with Crippen LogP contribution >= 0.6 is 23.7 Å². The van der Waals surface area contributed by atoms with Gasteiger partial charge in [0.05, 0.1) is 12.7 Å². The van der Waals surface area contributed by atoms with Gasteiger partial charge in [-0.25, -0.2) is 4.68 Å². The summed E-state index contributed by atoms with van der Waals surface area (Å²) in [6.45, 7) is 3.42. The van der Waals surface area contributed by atoms with Crippen molar-refractivity contribution in [3.8, 4) is 0 Å². The number of hydrogen-bond donors (Lipinski definition) is 2. The number of rotatable bonds is 5. The SMILES string of the molecule is Cl.O=C(NCC1CCCNC1)c1cn(Cc2cccs2)nn1. The van der Waals surface area contributed by atoms with Gasteiger partial charge in [-0.15, -0.1) is 28.8 Å². The largest absolute Gasteiger partial charge is 0.350 e. The highest BCUT2D eigenvalue weighted by atomic mass is 35.5. The summed E-state index contributed by atoms with van der Waals surface area (Å²) < 4.78 is 1.70. The molecule has 2 aromatic heterocycles. The molecule has 0 spiro atoms. The van der Waals surface area contributed by atoms with E-state index in [0.29, 0.717) is 24.7 Å². The van der Waals surface area contributed by atoms with Crippen LogP contribution in [0.15, 0.2) is 23.7 Å². The molecule has 0 aromatic carbocycles. The first-order valence-corrected chi connectivity index (χ1v) is 8.10. The molecule has 1 saturated heterocycles. The Morgan fingerprint density at radius 2 is 2.45 bits per heavy atom. The molecule has 2 N–H and O–H groups in total. The van der Waals surface area contributed by atoms with Crippen LogP contribution in [0.1, 0.15) is 28.2 Å². The van der Waals surface area contributed by atoms with Gasteiger partial charge in [0.25, 0.3) is 5.91 Å². The van der Waals surface area contributed by atoms with Crippen molar-refractivity contribution < 1.29 is 4.79 Å². The predicted molar refractivity (Wildman–Crippen MR) is 88.6 cm³/mol. The molecule has 22 heavy (non-hydrogen) atoms. The molecule has 1 aliphatic heterocycles. The highest BCUT2D eigenvalue weighted by Gasteiger charge is 2.16. The number of thiophene rings is 1. The summed E-state index contributed by atoms with van der Waals surface area (Å²) in [6, 6.07) is 4.05. The highest BCUT2D eigenvalue weighted by Crippen LogP contribution is 2.10. The van der Waals surface area contributed by atoms with Crippen LogP contribution in [-0.2, 0) is 6.54 Å². The number of nitrogens with zero attached hydrogens (tertiary/aromatic N) is 3. The summed E-state index contributed by atoms with van der Waals surface area (Å²) in [4.78, 5) is 13.3. The molecule has 2 aromatic rings. The lowest BCUT2D eigenvalue weighted by atomic mass is 10.00. The van der Waals surface area contributed by atoms with Crippen molar-refractivity contribution in [1.29, 1.82) is 0 Å². The topological polar surface area (TPSA) is 71.8 Å². The molecule has 8 heteroatoms. The molecular formula is C14H20ClN5OS. The molecular weight excluding hydrogens is 322 g/mol. The zero-order chi connectivity index (χ0) is 14.5. The van der Waals surface area contributed by atoms with Gasteiger partial charge in [0, 0.05) is 11.4 Å². The van der Waals surface area contributed by atoms with Crippen molar-refractivity contribution in [3.63, 3.8) is 0 Å². The monoisotopic (exact) mass is 341 g/mol. The van der Waals surface area contributed by atoms with E-state index >= 15 is 0 Å². The summed E-state index contributed by atoms with van der Waals surface area (Å²) in [6.07, 6.45) is 4.05. The maximum absolute atomic E-state index is 12.1. The van der Waals surface area contributed by atoms with Crippen LogP contribution in [-0.4, -0.2) is 40.5 Å². The summed E-state index contributed by atoms with van der Waals surface area (Å²) in [5.41, 5.74) is 0.385. The molecule has 3 rings (SSSR count). The normalized spacial score (nSPS) is 17.7. The van der Waals surface area contributed by atoms with E-state index < -0.39 is 0 Å². The lowest BCUT2D eigenvalue weighted by molar-refractivity contribution is 0.0939. The molecule has 1 atom stereocenters. The van der Waals surface area contributed by atoms with Gasteiger partial charge in [-0.1, -0.05) is 11.3 Å². The van der Waals surface area contributed by atoms with E-state index in [1.54, 1.807) is 22.2 Å². The summed E-state index contributed by atoms with van der Waals surface area (Å²) in [5.74, 6) is 0.377. The molecule has 0 bridgehead atoms. The second-order valence-corrected chi connectivity index (χ2v) is 6.34. The average Bonchev–Trinajstić information content (AvgIpc) is 3.18. The standard InChI is InChI=1S/C14H19N5OS.ClH/c20-14(16-8-11-3-1-5-15-7-11)13-10-19(18-17-13)9-12-4-2-6-21-12;/h2,4,6,10-11,15H,1,3,5,7-9H2,(H,16,20);1H. The third-order valence-electron chi connectivity index (χ3n) is 3.62. The zero-order valence-electron chi connectivity index (χ0n) is 12.2. The van der Waals surface area contributed by atoms with E-state index in [1.165, 1.54) is 17.7 Å². The molecule has 0 aliphatic carbocycles. The predicted octanol–water partition coefficient (Wildman–Crippen LogP) is 1.54. The zero-order valence-corrected chi connectivity index (χ0v) is 13.8. The number of hydrogen-bond acceptors (Lipinski definition) is 5. The summed E-state index contributed by atoms with van der Waals surface area (Å²) in [5, 5.41) is 16.3. The van der Waals surface area contributed by atoms with Crippen molar-refractivity contribution >= 4 is 29.7 Å². The Morgan fingerprint density at radius 3 is 3.18 bits per heavy atom. The van der Waals surface area contributed by atoms with E-state index in [0.717, 1.165) is 13.1 Å². The number of amides is 1. The molecule has 120 valence electrons. The van der Waals surface area contributed by atoms with Gasteiger partial charge in [0.15, 0.2) is 5.69 Å². The minimum atomic E-state index is -0.141. The lowest BCUT2D eigenvalue weighted by Gasteiger charge is -2.22. The van der Waals surface area contributed by atoms with Crippen LogP contribution in [0.3, 0.4) is 0 Å². The Balaban J connectivity index is 0.00000176. The van der Waals surface area contributed by atoms with Crippen LogP contribution in [0, 0.1) is 5.92 Å². The Kier molecular flexibility index (Phi) is 6.35. The number of carbonyl (C=O) groups excluding carboxylic acids is 1. The number of carbonyl (C=O) groups is 1. The Labute approximate surface area is 139 Å². The fraction of sp³-hybridized carbons (Fsp3) is 0.500. The maximum atomic E-state index is 12.1. The van der Waals surface area contributed by atoms with Gasteiger partial charge in [0.1, 0.15) is 0 Å². The van der Waals surface area contributed by atoms with E-state index in [1.807, 2.05) is 17.5 Å². The van der Waals surface area contributed by atoms with Gasteiger partial charge in [-0.3, -0.25) is 4.79 Å². The fourth-order valence-corrected chi connectivity index (χ4v) is 3.16. The second kappa shape index (κ2) is 8.26. The highest BCUT2D eigenvalue weighted by molar-refractivity contribution is 7.09. The van der Waals surface area contributed by atoms with Gasteiger partial charge in [-0.05, 0) is 43.3 Å². The van der Waals surface area contributed by atoms with Gasteiger partial charge in [0.2, 0.25) is 0 Å². The number of nitrogens with one attached hydrogen (secondary N) is 2. The van der Waals surface area contributed by atoms with Crippen molar-refractivity contribution in [2.24, 2.45) is 5.92 Å². The molecule has 1 fully saturated rings. The van der Waals surface area contributed by atoms with Crippen LogP contribution in [0.25, 0.3) is 0 Å². The maximum Gasteiger partial charge on any atom is 0.273 e. The van der Waals surface area contributed by atoms with E-state index in [9.17, 15) is 4.79 Å². The molecule has 1 unspecified atom stereocenters. The number of aromatic nitrogens is 3. The average molecular weight is 342 g/mol. The fourth-order valence-electron chi connectivity index (χ4n) is 2.47. The first-order chi connectivity index (χ1) is 10.3. The van der Waals surface area contributed by atoms with Crippen molar-refractivity contribution in [3.05, 3.63) is 34.3 Å². The minimum absolute atomic E-state index is 0. The Morgan fingerprint density at radius 1 is 1.55 bits per heavy atom. The van der Waals surface area contributed by atoms with Crippen LogP contribution in [0.2, 0.25) is 0 Å². The minimum Gasteiger partial charge on any atom is -0.350 e. The van der Waals surface area contributed by atoms with E-state index in [2.05, 4.69) is 20.9 Å². The van der Waals surface area contributed by atoms with Crippen molar-refractivity contribution in [1.82, 2.24) is 25.6 Å². The first-order valence-electron chi connectivity index (χ1n) is 7.22. The molecule has 1 aliphatic rings. The Bertz CT molecular complexity index is 580. The summed E-state index contributed by atoms with van der Waals surface area (Å²) in [7, 11) is 0. The van der Waals surface area contributed by atoms with E-state index in [4.69, 9.17) is 0 Å². The second-order valence-electron chi connectivity index (χ2n) is 5.30.